The monoisotopic (exact) mass is 271 g/mol. The predicted octanol–water partition coefficient (Wildman–Crippen LogP) is 3.20. The summed E-state index contributed by atoms with van der Waals surface area (Å²) < 4.78 is 1.93. The molecule has 1 rings (SSSR count). The van der Waals surface area contributed by atoms with E-state index in [9.17, 15) is 0 Å². The molecule has 0 spiro atoms. The third kappa shape index (κ3) is 3.07. The Morgan fingerprint density at radius 3 is 2.39 bits per heavy atom. The second kappa shape index (κ2) is 6.07. The summed E-state index contributed by atoms with van der Waals surface area (Å²) in [6, 6.07) is 0.403. The first-order valence-corrected chi connectivity index (χ1v) is 7.12. The third-order valence-corrected chi connectivity index (χ3v) is 4.54. The maximum atomic E-state index is 6.41. The summed E-state index contributed by atoms with van der Waals surface area (Å²) in [6.07, 6.45) is 2.93. The van der Waals surface area contributed by atoms with Crippen LogP contribution in [-0.2, 0) is 19.9 Å². The number of aromatic nitrogens is 2. The standard InChI is InChI=1S/C14H26ClN3/c1-7-10-13(15)11(18(6)17-10)9-12(16-5)14(3,4)8-2/h12,16H,7-9H2,1-6H3. The van der Waals surface area contributed by atoms with Crippen LogP contribution in [0.3, 0.4) is 0 Å². The largest absolute Gasteiger partial charge is 0.316 e. The van der Waals surface area contributed by atoms with E-state index < -0.39 is 0 Å². The Balaban J connectivity index is 2.99. The maximum Gasteiger partial charge on any atom is 0.0850 e. The molecule has 1 heterocycles. The normalized spacial score (nSPS) is 13.9. The van der Waals surface area contributed by atoms with Crippen molar-refractivity contribution in [1.82, 2.24) is 15.1 Å². The molecule has 18 heavy (non-hydrogen) atoms. The fourth-order valence-corrected chi connectivity index (χ4v) is 2.62. The molecule has 0 aliphatic rings. The number of halogens is 1. The number of hydrogen-bond acceptors (Lipinski definition) is 2. The van der Waals surface area contributed by atoms with Crippen molar-refractivity contribution in [2.45, 2.75) is 53.0 Å². The Morgan fingerprint density at radius 1 is 1.39 bits per heavy atom. The van der Waals surface area contributed by atoms with E-state index in [0.29, 0.717) is 6.04 Å². The van der Waals surface area contributed by atoms with E-state index in [0.717, 1.165) is 35.7 Å². The zero-order valence-electron chi connectivity index (χ0n) is 12.5. The third-order valence-electron chi connectivity index (χ3n) is 4.10. The molecule has 0 aromatic carbocycles. The van der Waals surface area contributed by atoms with Crippen molar-refractivity contribution in [2.75, 3.05) is 7.05 Å². The number of rotatable bonds is 6. The Labute approximate surface area is 116 Å². The van der Waals surface area contributed by atoms with Crippen molar-refractivity contribution in [3.05, 3.63) is 16.4 Å². The quantitative estimate of drug-likeness (QED) is 0.861. The molecule has 1 N–H and O–H groups in total. The van der Waals surface area contributed by atoms with Crippen LogP contribution in [0, 0.1) is 5.41 Å². The number of aryl methyl sites for hydroxylation is 2. The molecule has 1 aromatic heterocycles. The van der Waals surface area contributed by atoms with E-state index in [1.807, 2.05) is 18.8 Å². The van der Waals surface area contributed by atoms with Crippen molar-refractivity contribution < 1.29 is 0 Å². The molecule has 3 nitrogen and oxygen atoms in total. The van der Waals surface area contributed by atoms with E-state index in [1.54, 1.807) is 0 Å². The summed E-state index contributed by atoms with van der Waals surface area (Å²) >= 11 is 6.41. The Hall–Kier alpha value is -0.540. The molecular formula is C14H26ClN3. The fraction of sp³-hybridized carbons (Fsp3) is 0.786. The first kappa shape index (κ1) is 15.5. The molecule has 0 fully saturated rings. The zero-order chi connectivity index (χ0) is 13.9. The molecule has 0 amide bonds. The fourth-order valence-electron chi connectivity index (χ4n) is 2.25. The Morgan fingerprint density at radius 2 is 2.00 bits per heavy atom. The van der Waals surface area contributed by atoms with Crippen LogP contribution < -0.4 is 5.32 Å². The summed E-state index contributed by atoms with van der Waals surface area (Å²) in [7, 11) is 4.00. The average Bonchev–Trinajstić information content (AvgIpc) is 2.61. The minimum atomic E-state index is 0.245. The van der Waals surface area contributed by atoms with Crippen LogP contribution in [0.25, 0.3) is 0 Å². The molecule has 1 atom stereocenters. The molecule has 1 aromatic rings. The van der Waals surface area contributed by atoms with Crippen molar-refractivity contribution >= 4 is 11.6 Å². The number of hydrogen-bond donors (Lipinski definition) is 1. The van der Waals surface area contributed by atoms with Gasteiger partial charge >= 0.3 is 0 Å². The second-order valence-electron chi connectivity index (χ2n) is 5.57. The zero-order valence-corrected chi connectivity index (χ0v) is 13.2. The maximum absolute atomic E-state index is 6.41. The van der Waals surface area contributed by atoms with E-state index >= 15 is 0 Å². The van der Waals surface area contributed by atoms with Crippen molar-refractivity contribution in [1.29, 1.82) is 0 Å². The summed E-state index contributed by atoms with van der Waals surface area (Å²) in [5.74, 6) is 0. The molecule has 0 radical (unpaired) electrons. The van der Waals surface area contributed by atoms with E-state index in [1.165, 1.54) is 0 Å². The van der Waals surface area contributed by atoms with Gasteiger partial charge in [0.15, 0.2) is 0 Å². The number of nitrogens with zero attached hydrogens (tertiary/aromatic N) is 2. The van der Waals surface area contributed by atoms with Crippen LogP contribution in [0.2, 0.25) is 5.02 Å². The van der Waals surface area contributed by atoms with E-state index in [2.05, 4.69) is 38.1 Å². The summed E-state index contributed by atoms with van der Waals surface area (Å²) in [6.45, 7) is 8.90. The summed E-state index contributed by atoms with van der Waals surface area (Å²) in [5.41, 5.74) is 2.38. The van der Waals surface area contributed by atoms with Gasteiger partial charge in [-0.25, -0.2) is 0 Å². The van der Waals surface area contributed by atoms with Crippen LogP contribution in [0.15, 0.2) is 0 Å². The average molecular weight is 272 g/mol. The first-order chi connectivity index (χ1) is 8.37. The highest BCUT2D eigenvalue weighted by Gasteiger charge is 2.28. The van der Waals surface area contributed by atoms with Gasteiger partial charge in [0, 0.05) is 19.5 Å². The van der Waals surface area contributed by atoms with Gasteiger partial charge in [0.05, 0.1) is 16.4 Å². The van der Waals surface area contributed by atoms with Gasteiger partial charge in [-0.15, -0.1) is 0 Å². The Bertz CT molecular complexity index is 396. The molecule has 4 heteroatoms. The van der Waals surface area contributed by atoms with Gasteiger partial charge in [-0.1, -0.05) is 39.3 Å². The van der Waals surface area contributed by atoms with Crippen molar-refractivity contribution in [2.24, 2.45) is 12.5 Å². The van der Waals surface area contributed by atoms with Crippen molar-refractivity contribution in [3.63, 3.8) is 0 Å². The number of nitrogens with one attached hydrogen (secondary N) is 1. The molecule has 1 unspecified atom stereocenters. The minimum absolute atomic E-state index is 0.245. The summed E-state index contributed by atoms with van der Waals surface area (Å²) in [5, 5.41) is 8.74. The summed E-state index contributed by atoms with van der Waals surface area (Å²) in [4.78, 5) is 0. The molecule has 104 valence electrons. The minimum Gasteiger partial charge on any atom is -0.316 e. The van der Waals surface area contributed by atoms with E-state index in [4.69, 9.17) is 11.6 Å². The molecular weight excluding hydrogens is 246 g/mol. The van der Waals surface area contributed by atoms with Crippen LogP contribution in [0.1, 0.15) is 45.5 Å². The molecule has 0 aliphatic heterocycles. The van der Waals surface area contributed by atoms with Gasteiger partial charge in [-0.05, 0) is 25.3 Å². The lowest BCUT2D eigenvalue weighted by atomic mass is 9.79. The van der Waals surface area contributed by atoms with E-state index in [-0.39, 0.29) is 5.41 Å². The Kier molecular flexibility index (Phi) is 5.23. The van der Waals surface area contributed by atoms with Crippen LogP contribution in [0.5, 0.6) is 0 Å². The van der Waals surface area contributed by atoms with Crippen LogP contribution in [-0.4, -0.2) is 22.9 Å². The SMILES string of the molecule is CCc1nn(C)c(CC(NC)C(C)(C)CC)c1Cl. The van der Waals surface area contributed by atoms with Gasteiger partial charge in [0.25, 0.3) is 0 Å². The highest BCUT2D eigenvalue weighted by Crippen LogP contribution is 2.30. The molecule has 0 saturated carbocycles. The van der Waals surface area contributed by atoms with Gasteiger partial charge in [-0.3, -0.25) is 4.68 Å². The lowest BCUT2D eigenvalue weighted by molar-refractivity contribution is 0.238. The second-order valence-corrected chi connectivity index (χ2v) is 5.95. The lowest BCUT2D eigenvalue weighted by Crippen LogP contribution is -2.41. The highest BCUT2D eigenvalue weighted by atomic mass is 35.5. The topological polar surface area (TPSA) is 29.9 Å². The van der Waals surface area contributed by atoms with Gasteiger partial charge in [0.2, 0.25) is 0 Å². The molecule has 0 bridgehead atoms. The first-order valence-electron chi connectivity index (χ1n) is 6.74. The smallest absolute Gasteiger partial charge is 0.0850 e. The lowest BCUT2D eigenvalue weighted by Gasteiger charge is -2.33. The van der Waals surface area contributed by atoms with Gasteiger partial charge in [0.1, 0.15) is 0 Å². The van der Waals surface area contributed by atoms with Gasteiger partial charge in [-0.2, -0.15) is 5.10 Å². The molecule has 0 aliphatic carbocycles. The van der Waals surface area contributed by atoms with Gasteiger partial charge < -0.3 is 5.32 Å². The number of likely N-dealkylation sites (N-methyl/N-ethyl adjacent to an activating group) is 1. The highest BCUT2D eigenvalue weighted by molar-refractivity contribution is 6.31. The molecule has 0 saturated heterocycles. The van der Waals surface area contributed by atoms with Crippen LogP contribution in [0.4, 0.5) is 0 Å². The van der Waals surface area contributed by atoms with Crippen molar-refractivity contribution in [3.8, 4) is 0 Å². The predicted molar refractivity (Wildman–Crippen MR) is 78.2 cm³/mol. The van der Waals surface area contributed by atoms with Crippen LogP contribution >= 0.6 is 11.6 Å².